The molecule has 1 aliphatic carbocycles. The van der Waals surface area contributed by atoms with Gasteiger partial charge in [0.2, 0.25) is 0 Å². The minimum absolute atomic E-state index is 0.00659. The number of benzene rings is 2. The second-order valence-corrected chi connectivity index (χ2v) is 9.11. The second kappa shape index (κ2) is 11.2. The first kappa shape index (κ1) is 23.8. The lowest BCUT2D eigenvalue weighted by Crippen LogP contribution is -2.23. The SMILES string of the molecule is CC(=O)c1cc(CNC(=O)OP(=O)(O)Oc2ccccc2)ccc1OCC1CCCCC1. The summed E-state index contributed by atoms with van der Waals surface area (Å²) in [7, 11) is -4.63. The van der Waals surface area contributed by atoms with Crippen LogP contribution in [0, 0.1) is 5.92 Å². The number of phosphoric ester groups is 1. The maximum absolute atomic E-state index is 12.1. The summed E-state index contributed by atoms with van der Waals surface area (Å²) in [6, 6.07) is 12.9. The Hall–Kier alpha value is -2.83. The van der Waals surface area contributed by atoms with Crippen molar-refractivity contribution in [1.82, 2.24) is 5.32 Å². The topological polar surface area (TPSA) is 111 Å². The molecule has 0 bridgehead atoms. The largest absolute Gasteiger partial charge is 0.588 e. The molecule has 2 N–H and O–H groups in total. The average Bonchev–Trinajstić information content (AvgIpc) is 2.77. The van der Waals surface area contributed by atoms with Crippen LogP contribution in [0.2, 0.25) is 0 Å². The van der Waals surface area contributed by atoms with E-state index >= 15 is 0 Å². The molecule has 172 valence electrons. The summed E-state index contributed by atoms with van der Waals surface area (Å²) < 4.78 is 27.3. The summed E-state index contributed by atoms with van der Waals surface area (Å²) in [6.45, 7) is 2.03. The first-order chi connectivity index (χ1) is 15.3. The van der Waals surface area contributed by atoms with Crippen LogP contribution in [0.4, 0.5) is 4.79 Å². The zero-order valence-electron chi connectivity index (χ0n) is 18.0. The van der Waals surface area contributed by atoms with Crippen molar-refractivity contribution >= 4 is 19.7 Å². The van der Waals surface area contributed by atoms with Gasteiger partial charge in [-0.2, -0.15) is 0 Å². The van der Waals surface area contributed by atoms with Gasteiger partial charge >= 0.3 is 13.9 Å². The molecule has 1 unspecified atom stereocenters. The van der Waals surface area contributed by atoms with Gasteiger partial charge in [0, 0.05) is 6.54 Å². The molecule has 0 heterocycles. The third-order valence-electron chi connectivity index (χ3n) is 5.22. The Labute approximate surface area is 187 Å². The van der Waals surface area contributed by atoms with Crippen molar-refractivity contribution in [3.8, 4) is 11.5 Å². The number of amides is 1. The Balaban J connectivity index is 1.54. The molecule has 0 aliphatic heterocycles. The standard InChI is InChI=1S/C23H28NO7P/c1-17(25)21-14-19(12-13-22(21)29-16-18-8-4-2-5-9-18)15-24-23(26)31-32(27,28)30-20-10-6-3-7-11-20/h3,6-7,10-14,18H,2,4-5,8-9,15-16H2,1H3,(H,24,26)(H,27,28). The van der Waals surface area contributed by atoms with E-state index in [9.17, 15) is 19.0 Å². The van der Waals surface area contributed by atoms with Gasteiger partial charge in [-0.1, -0.05) is 43.5 Å². The van der Waals surface area contributed by atoms with E-state index in [1.165, 1.54) is 38.3 Å². The highest BCUT2D eigenvalue weighted by Crippen LogP contribution is 2.43. The normalized spacial score (nSPS) is 15.9. The number of nitrogens with one attached hydrogen (secondary N) is 1. The molecule has 0 saturated heterocycles. The van der Waals surface area contributed by atoms with E-state index in [1.807, 2.05) is 0 Å². The number of para-hydroxylation sites is 1. The summed E-state index contributed by atoms with van der Waals surface area (Å²) in [6.07, 6.45) is 4.86. The van der Waals surface area contributed by atoms with Gasteiger partial charge in [-0.3, -0.25) is 9.69 Å². The van der Waals surface area contributed by atoms with Gasteiger partial charge in [-0.15, -0.1) is 0 Å². The Morgan fingerprint density at radius 2 is 1.81 bits per heavy atom. The Bertz CT molecular complexity index is 974. The molecule has 0 spiro atoms. The maximum Gasteiger partial charge on any atom is 0.588 e. The van der Waals surface area contributed by atoms with Gasteiger partial charge in [-0.05, 0) is 55.5 Å². The van der Waals surface area contributed by atoms with Crippen LogP contribution in [0.1, 0.15) is 54.9 Å². The van der Waals surface area contributed by atoms with Gasteiger partial charge in [0.25, 0.3) is 0 Å². The lowest BCUT2D eigenvalue weighted by molar-refractivity contribution is 0.101. The van der Waals surface area contributed by atoms with E-state index < -0.39 is 13.9 Å². The second-order valence-electron chi connectivity index (χ2n) is 7.81. The molecule has 9 heteroatoms. The molecule has 0 radical (unpaired) electrons. The Morgan fingerprint density at radius 1 is 1.09 bits per heavy atom. The quantitative estimate of drug-likeness (QED) is 0.387. The first-order valence-corrected chi connectivity index (χ1v) is 12.1. The fraction of sp³-hybridized carbons (Fsp3) is 0.391. The lowest BCUT2D eigenvalue weighted by atomic mass is 9.90. The summed E-state index contributed by atoms with van der Waals surface area (Å²) in [4.78, 5) is 33.8. The minimum atomic E-state index is -4.63. The van der Waals surface area contributed by atoms with Crippen LogP contribution in [0.3, 0.4) is 0 Å². The van der Waals surface area contributed by atoms with E-state index in [2.05, 4.69) is 9.84 Å². The number of carbonyl (C=O) groups is 2. The highest BCUT2D eigenvalue weighted by Gasteiger charge is 2.28. The number of phosphoric acid groups is 1. The molecule has 1 amide bonds. The van der Waals surface area contributed by atoms with Gasteiger partial charge in [-0.25, -0.2) is 9.36 Å². The number of hydrogen-bond donors (Lipinski definition) is 2. The molecular formula is C23H28NO7P. The van der Waals surface area contributed by atoms with Crippen molar-refractivity contribution in [2.45, 2.75) is 45.6 Å². The number of ether oxygens (including phenoxy) is 1. The van der Waals surface area contributed by atoms with Crippen molar-refractivity contribution in [1.29, 1.82) is 0 Å². The van der Waals surface area contributed by atoms with Gasteiger partial charge in [0.05, 0.1) is 12.2 Å². The van der Waals surface area contributed by atoms with Gasteiger partial charge in [0.15, 0.2) is 5.78 Å². The van der Waals surface area contributed by atoms with Crippen molar-refractivity contribution in [2.24, 2.45) is 5.92 Å². The highest BCUT2D eigenvalue weighted by atomic mass is 31.2. The van der Waals surface area contributed by atoms with Crippen LogP contribution in [0.5, 0.6) is 11.5 Å². The zero-order valence-corrected chi connectivity index (χ0v) is 18.9. The average molecular weight is 461 g/mol. The highest BCUT2D eigenvalue weighted by molar-refractivity contribution is 7.48. The number of hydrogen-bond acceptors (Lipinski definition) is 6. The van der Waals surface area contributed by atoms with Crippen molar-refractivity contribution in [2.75, 3.05) is 6.61 Å². The first-order valence-electron chi connectivity index (χ1n) is 10.6. The zero-order chi connectivity index (χ0) is 23.0. The van der Waals surface area contributed by atoms with Gasteiger partial charge in [0.1, 0.15) is 11.5 Å². The van der Waals surface area contributed by atoms with Crippen LogP contribution < -0.4 is 14.6 Å². The number of Topliss-reactive ketones (excluding diaryl/α,β-unsaturated/α-hetero) is 1. The molecular weight excluding hydrogens is 433 g/mol. The van der Waals surface area contributed by atoms with Crippen LogP contribution in [-0.2, 0) is 15.6 Å². The fourth-order valence-corrected chi connectivity index (χ4v) is 4.29. The molecule has 3 rings (SSSR count). The molecule has 1 atom stereocenters. The summed E-state index contributed by atoms with van der Waals surface area (Å²) >= 11 is 0. The third-order valence-corrected chi connectivity index (χ3v) is 6.06. The Kier molecular flexibility index (Phi) is 8.31. The summed E-state index contributed by atoms with van der Waals surface area (Å²) in [5, 5.41) is 2.38. The van der Waals surface area contributed by atoms with Crippen molar-refractivity contribution < 1.29 is 32.8 Å². The molecule has 8 nitrogen and oxygen atoms in total. The predicted octanol–water partition coefficient (Wildman–Crippen LogP) is 5.25. The predicted molar refractivity (Wildman–Crippen MR) is 119 cm³/mol. The smallest absolute Gasteiger partial charge is 0.493 e. The molecule has 1 fully saturated rings. The monoisotopic (exact) mass is 461 g/mol. The van der Waals surface area contributed by atoms with E-state index in [0.29, 0.717) is 29.4 Å². The van der Waals surface area contributed by atoms with Crippen LogP contribution in [-0.4, -0.2) is 23.4 Å². The molecule has 2 aromatic rings. The van der Waals surface area contributed by atoms with Crippen LogP contribution in [0.15, 0.2) is 48.5 Å². The van der Waals surface area contributed by atoms with E-state index in [0.717, 1.165) is 12.8 Å². The van der Waals surface area contributed by atoms with Crippen molar-refractivity contribution in [3.63, 3.8) is 0 Å². The summed E-state index contributed by atoms with van der Waals surface area (Å²) in [5.74, 6) is 0.975. The van der Waals surface area contributed by atoms with Gasteiger partial charge < -0.3 is 19.1 Å². The fourth-order valence-electron chi connectivity index (χ4n) is 3.59. The molecule has 32 heavy (non-hydrogen) atoms. The van der Waals surface area contributed by atoms with E-state index in [1.54, 1.807) is 36.4 Å². The minimum Gasteiger partial charge on any atom is -0.493 e. The number of carbonyl (C=O) groups excluding carboxylic acids is 2. The molecule has 0 aromatic heterocycles. The van der Waals surface area contributed by atoms with Crippen molar-refractivity contribution in [3.05, 3.63) is 59.7 Å². The Morgan fingerprint density at radius 3 is 2.50 bits per heavy atom. The number of ketones is 1. The molecule has 1 aliphatic rings. The van der Waals surface area contributed by atoms with Crippen LogP contribution >= 0.6 is 7.82 Å². The third kappa shape index (κ3) is 7.39. The molecule has 1 saturated carbocycles. The summed E-state index contributed by atoms with van der Waals surface area (Å²) in [5.41, 5.74) is 1.04. The van der Waals surface area contributed by atoms with Crippen LogP contribution in [0.25, 0.3) is 0 Å². The number of rotatable bonds is 9. The van der Waals surface area contributed by atoms with E-state index in [-0.39, 0.29) is 18.1 Å². The van der Waals surface area contributed by atoms with E-state index in [4.69, 9.17) is 9.26 Å². The lowest BCUT2D eigenvalue weighted by Gasteiger charge is -2.22. The molecule has 2 aromatic carbocycles. The maximum atomic E-state index is 12.1.